The molecule has 0 heterocycles. The van der Waals surface area contributed by atoms with Gasteiger partial charge in [0.05, 0.1) is 0 Å². The number of benzene rings is 4. The zero-order valence-electron chi connectivity index (χ0n) is 15.0. The molecule has 0 atom stereocenters. The van der Waals surface area contributed by atoms with Crippen LogP contribution in [0.3, 0.4) is 0 Å². The van der Waals surface area contributed by atoms with Gasteiger partial charge in [0.1, 0.15) is 0 Å². The van der Waals surface area contributed by atoms with Gasteiger partial charge < -0.3 is 0 Å². The first-order valence-corrected chi connectivity index (χ1v) is 14.0. The molecule has 0 amide bonds. The summed E-state index contributed by atoms with van der Waals surface area (Å²) in [6.45, 7) is 0. The van der Waals surface area contributed by atoms with E-state index in [1.165, 1.54) is 18.6 Å². The van der Waals surface area contributed by atoms with Crippen LogP contribution in [-0.2, 0) is 5.21 Å². The van der Waals surface area contributed by atoms with E-state index >= 15 is 0 Å². The summed E-state index contributed by atoms with van der Waals surface area (Å²) < 4.78 is 5.57. The first kappa shape index (κ1) is 18.3. The molecule has 132 valence electrons. The van der Waals surface area contributed by atoms with Gasteiger partial charge in [0.15, 0.2) is 0 Å². The number of rotatable bonds is 5. The maximum atomic E-state index is 3.57. The summed E-state index contributed by atoms with van der Waals surface area (Å²) in [5, 5.41) is 1.07. The van der Waals surface area contributed by atoms with Gasteiger partial charge in [0.25, 0.3) is 0 Å². The summed E-state index contributed by atoms with van der Waals surface area (Å²) in [5.74, 6) is 0. The second kappa shape index (κ2) is 8.29. The van der Waals surface area contributed by atoms with Crippen molar-refractivity contribution < 1.29 is 0 Å². The Labute approximate surface area is 172 Å². The Kier molecular flexibility index (Phi) is 5.62. The standard InChI is InChI=1S/C25H21AsBr/c27-25-18-16-21(17-19-25)20-26(22-10-4-1-5-11-22,23-12-6-2-7-13-23)24-14-8-3-9-15-24/h1-19H,20H2/q+1. The topological polar surface area (TPSA) is 0 Å². The summed E-state index contributed by atoms with van der Waals surface area (Å²) in [6.07, 6.45) is 0. The molecule has 0 spiro atoms. The molecule has 0 saturated heterocycles. The Balaban J connectivity index is 1.98. The molecule has 4 aromatic rings. The van der Waals surface area contributed by atoms with Gasteiger partial charge in [-0.15, -0.1) is 0 Å². The Morgan fingerprint density at radius 2 is 0.852 bits per heavy atom. The van der Waals surface area contributed by atoms with Crippen molar-refractivity contribution in [2.75, 3.05) is 0 Å². The van der Waals surface area contributed by atoms with Gasteiger partial charge in [-0.3, -0.25) is 0 Å². The fourth-order valence-electron chi connectivity index (χ4n) is 3.63. The fourth-order valence-corrected chi connectivity index (χ4v) is 12.8. The summed E-state index contributed by atoms with van der Waals surface area (Å²) >= 11 is 0.911. The molecule has 0 aliphatic heterocycles. The molecule has 0 aromatic heterocycles. The predicted molar refractivity (Wildman–Crippen MR) is 122 cm³/mol. The molecule has 4 aromatic carbocycles. The third-order valence-corrected chi connectivity index (χ3v) is 14.6. The van der Waals surface area contributed by atoms with Crippen molar-refractivity contribution in [1.82, 2.24) is 0 Å². The fraction of sp³-hybridized carbons (Fsp3) is 0.0400. The first-order valence-electron chi connectivity index (χ1n) is 9.08. The van der Waals surface area contributed by atoms with Crippen molar-refractivity contribution in [2.24, 2.45) is 0 Å². The molecule has 0 N–H and O–H groups in total. The van der Waals surface area contributed by atoms with Gasteiger partial charge in [-0.2, -0.15) is 0 Å². The number of hydrogen-bond acceptors (Lipinski definition) is 0. The SMILES string of the molecule is Brc1ccc(C[As+](c2ccccc2)(c2ccccc2)c2ccccc2)cc1. The van der Waals surface area contributed by atoms with E-state index in [-0.39, 0.29) is 0 Å². The molecule has 2 heteroatoms. The van der Waals surface area contributed by atoms with Crippen LogP contribution in [0, 0.1) is 0 Å². The van der Waals surface area contributed by atoms with Crippen LogP contribution in [0.25, 0.3) is 0 Å². The second-order valence-corrected chi connectivity index (χ2v) is 14.8. The molecule has 0 unspecified atom stereocenters. The van der Waals surface area contributed by atoms with Crippen LogP contribution >= 0.6 is 15.9 Å². The Bertz CT molecular complexity index is 884. The summed E-state index contributed by atoms with van der Waals surface area (Å²) in [4.78, 5) is 0. The van der Waals surface area contributed by atoms with E-state index in [4.69, 9.17) is 0 Å². The van der Waals surface area contributed by atoms with Crippen molar-refractivity contribution in [3.8, 4) is 0 Å². The zero-order valence-corrected chi connectivity index (χ0v) is 18.5. The van der Waals surface area contributed by atoms with E-state index in [0.29, 0.717) is 0 Å². The average molecular weight is 476 g/mol. The molecule has 0 bridgehead atoms. The quantitative estimate of drug-likeness (QED) is 0.367. The molecule has 0 aliphatic rings. The van der Waals surface area contributed by atoms with Crippen molar-refractivity contribution in [3.63, 3.8) is 0 Å². The van der Waals surface area contributed by atoms with Crippen LogP contribution in [0.5, 0.6) is 0 Å². The van der Waals surface area contributed by atoms with Gasteiger partial charge >= 0.3 is 173 Å². The Morgan fingerprint density at radius 1 is 0.481 bits per heavy atom. The van der Waals surface area contributed by atoms with Crippen LogP contribution in [0.1, 0.15) is 5.56 Å². The maximum absolute atomic E-state index is 3.57. The van der Waals surface area contributed by atoms with Crippen LogP contribution in [0.15, 0.2) is 120 Å². The summed E-state index contributed by atoms with van der Waals surface area (Å²) in [7, 11) is 0. The normalized spacial score (nSPS) is 11.3. The zero-order chi connectivity index (χ0) is 18.5. The van der Waals surface area contributed by atoms with E-state index in [1.807, 2.05) is 0 Å². The molecule has 27 heavy (non-hydrogen) atoms. The minimum atomic E-state index is -2.66. The third kappa shape index (κ3) is 3.81. The monoisotopic (exact) mass is 475 g/mol. The van der Waals surface area contributed by atoms with E-state index in [9.17, 15) is 0 Å². The van der Waals surface area contributed by atoms with Gasteiger partial charge in [-0.1, -0.05) is 0 Å². The van der Waals surface area contributed by atoms with Crippen LogP contribution in [-0.4, -0.2) is 13.6 Å². The van der Waals surface area contributed by atoms with Crippen molar-refractivity contribution in [3.05, 3.63) is 125 Å². The Hall–Kier alpha value is -2.08. The van der Waals surface area contributed by atoms with Crippen LogP contribution < -0.4 is 13.1 Å². The molecule has 4 rings (SSSR count). The van der Waals surface area contributed by atoms with Gasteiger partial charge in [0.2, 0.25) is 0 Å². The third-order valence-electron chi connectivity index (χ3n) is 4.92. The number of hydrogen-bond donors (Lipinski definition) is 0. The van der Waals surface area contributed by atoms with E-state index in [1.54, 1.807) is 0 Å². The number of halogens is 1. The molecule has 0 nitrogen and oxygen atoms in total. The van der Waals surface area contributed by atoms with Crippen molar-refractivity contribution >= 4 is 42.5 Å². The molecule has 0 saturated carbocycles. The Morgan fingerprint density at radius 3 is 1.22 bits per heavy atom. The van der Waals surface area contributed by atoms with Crippen molar-refractivity contribution in [1.29, 1.82) is 0 Å². The van der Waals surface area contributed by atoms with Gasteiger partial charge in [-0.05, 0) is 0 Å². The molecule has 0 radical (unpaired) electrons. The summed E-state index contributed by atoms with van der Waals surface area (Å²) in [6, 6.07) is 42.2. The molecule has 0 fully saturated rings. The first-order chi connectivity index (χ1) is 13.3. The molecule has 0 aliphatic carbocycles. The van der Waals surface area contributed by atoms with Crippen molar-refractivity contribution in [2.45, 2.75) is 5.21 Å². The van der Waals surface area contributed by atoms with E-state index in [0.717, 1.165) is 9.68 Å². The minimum absolute atomic E-state index is 1.07. The van der Waals surface area contributed by atoms with Gasteiger partial charge in [-0.25, -0.2) is 0 Å². The van der Waals surface area contributed by atoms with Crippen LogP contribution in [0.2, 0.25) is 0 Å². The van der Waals surface area contributed by atoms with Crippen LogP contribution in [0.4, 0.5) is 0 Å². The summed E-state index contributed by atoms with van der Waals surface area (Å²) in [5.41, 5.74) is 1.39. The predicted octanol–water partition coefficient (Wildman–Crippen LogP) is 4.70. The van der Waals surface area contributed by atoms with E-state index < -0.39 is 13.6 Å². The van der Waals surface area contributed by atoms with Gasteiger partial charge in [0, 0.05) is 0 Å². The average Bonchev–Trinajstić information content (AvgIpc) is 2.75. The molecular weight excluding hydrogens is 455 g/mol. The second-order valence-electron chi connectivity index (χ2n) is 6.60. The van der Waals surface area contributed by atoms with E-state index in [2.05, 4.69) is 131 Å². The molecular formula is C25H21AsBr+.